The molecule has 0 atom stereocenters. The molecule has 2 N–H and O–H groups in total. The highest BCUT2D eigenvalue weighted by Crippen LogP contribution is 2.22. The van der Waals surface area contributed by atoms with Crippen LogP contribution in [-0.2, 0) is 13.0 Å². The van der Waals surface area contributed by atoms with Crippen molar-refractivity contribution in [1.82, 2.24) is 4.98 Å². The fourth-order valence-electron chi connectivity index (χ4n) is 2.11. The van der Waals surface area contributed by atoms with Crippen molar-refractivity contribution in [3.05, 3.63) is 64.5 Å². The molecule has 1 heterocycles. The fourth-order valence-corrected chi connectivity index (χ4v) is 2.28. The fraction of sp³-hybridized carbons (Fsp3) is 0.133. The number of fused-ring (bicyclic) bond motifs is 1. The molecule has 0 aliphatic carbocycles. The molecule has 0 aliphatic heterocycles. The number of hydrogen-bond donors (Lipinski definition) is 1. The number of aromatic nitrogens is 1. The number of halogens is 1. The van der Waals surface area contributed by atoms with Crippen molar-refractivity contribution in [2.75, 3.05) is 0 Å². The maximum Gasteiger partial charge on any atom is 0.199 e. The molecule has 0 spiro atoms. The Bertz CT molecular complexity index is 721. The highest BCUT2D eigenvalue weighted by Gasteiger charge is 2.09. The first-order valence-corrected chi connectivity index (χ1v) is 6.46. The van der Waals surface area contributed by atoms with Gasteiger partial charge in [-0.25, -0.2) is 4.98 Å². The summed E-state index contributed by atoms with van der Waals surface area (Å²) in [5.74, 6) is 0.679. The third kappa shape index (κ3) is 2.48. The predicted molar refractivity (Wildman–Crippen MR) is 76.2 cm³/mol. The average Bonchev–Trinajstić information content (AvgIpc) is 2.80. The van der Waals surface area contributed by atoms with Gasteiger partial charge in [-0.15, -0.1) is 0 Å². The molecule has 19 heavy (non-hydrogen) atoms. The van der Waals surface area contributed by atoms with E-state index in [4.69, 9.17) is 21.8 Å². The van der Waals surface area contributed by atoms with E-state index in [0.717, 1.165) is 16.6 Å². The molecule has 0 amide bonds. The van der Waals surface area contributed by atoms with Crippen LogP contribution in [0.4, 0.5) is 0 Å². The predicted octanol–water partition coefficient (Wildman–Crippen LogP) is 3.53. The molecule has 0 unspecified atom stereocenters. The number of benzene rings is 2. The summed E-state index contributed by atoms with van der Waals surface area (Å²) in [4.78, 5) is 4.46. The van der Waals surface area contributed by atoms with E-state index in [1.54, 1.807) is 6.07 Å². The number of nitrogens with two attached hydrogens (primary N) is 1. The molecule has 3 rings (SSSR count). The smallest absolute Gasteiger partial charge is 0.199 e. The Hall–Kier alpha value is -1.84. The van der Waals surface area contributed by atoms with E-state index in [9.17, 15) is 0 Å². The summed E-state index contributed by atoms with van der Waals surface area (Å²) >= 11 is 5.93. The lowest BCUT2D eigenvalue weighted by Crippen LogP contribution is -2.01. The van der Waals surface area contributed by atoms with Gasteiger partial charge in [-0.3, -0.25) is 0 Å². The van der Waals surface area contributed by atoms with E-state index in [1.807, 2.05) is 36.4 Å². The molecule has 0 aliphatic rings. The lowest BCUT2D eigenvalue weighted by molar-refractivity contribution is 0.543. The maximum absolute atomic E-state index is 5.93. The van der Waals surface area contributed by atoms with Crippen molar-refractivity contribution < 1.29 is 4.42 Å². The second kappa shape index (κ2) is 5.03. The summed E-state index contributed by atoms with van der Waals surface area (Å²) < 4.78 is 5.72. The van der Waals surface area contributed by atoms with Crippen LogP contribution in [0.15, 0.2) is 46.9 Å². The Balaban J connectivity index is 1.96. The summed E-state index contributed by atoms with van der Waals surface area (Å²) in [6.45, 7) is 0.516. The molecule has 96 valence electrons. The SMILES string of the molecule is NCc1ccccc1Cc1nc2ccc(Cl)cc2o1. The summed E-state index contributed by atoms with van der Waals surface area (Å²) in [6, 6.07) is 13.5. The third-order valence-corrected chi connectivity index (χ3v) is 3.31. The quantitative estimate of drug-likeness (QED) is 0.793. The Morgan fingerprint density at radius 3 is 2.68 bits per heavy atom. The molecule has 3 nitrogen and oxygen atoms in total. The number of oxazole rings is 1. The van der Waals surface area contributed by atoms with Gasteiger partial charge in [0.1, 0.15) is 5.52 Å². The van der Waals surface area contributed by atoms with Gasteiger partial charge in [-0.2, -0.15) is 0 Å². The largest absolute Gasteiger partial charge is 0.440 e. The van der Waals surface area contributed by atoms with E-state index in [0.29, 0.717) is 29.5 Å². The normalized spacial score (nSPS) is 11.1. The van der Waals surface area contributed by atoms with Crippen molar-refractivity contribution >= 4 is 22.7 Å². The minimum absolute atomic E-state index is 0.516. The number of hydrogen-bond acceptors (Lipinski definition) is 3. The van der Waals surface area contributed by atoms with Crippen LogP contribution in [0.3, 0.4) is 0 Å². The standard InChI is InChI=1S/C15H13ClN2O/c16-12-5-6-13-14(8-12)19-15(18-13)7-10-3-1-2-4-11(10)9-17/h1-6,8H,7,9,17H2. The highest BCUT2D eigenvalue weighted by atomic mass is 35.5. The zero-order valence-corrected chi connectivity index (χ0v) is 11.0. The summed E-state index contributed by atoms with van der Waals surface area (Å²) in [6.07, 6.45) is 0.639. The molecule has 0 saturated heterocycles. The Morgan fingerprint density at radius 2 is 1.89 bits per heavy atom. The van der Waals surface area contributed by atoms with E-state index >= 15 is 0 Å². The van der Waals surface area contributed by atoms with Gasteiger partial charge in [0.2, 0.25) is 0 Å². The van der Waals surface area contributed by atoms with Crippen molar-refractivity contribution in [2.24, 2.45) is 5.73 Å². The highest BCUT2D eigenvalue weighted by molar-refractivity contribution is 6.31. The zero-order valence-electron chi connectivity index (χ0n) is 10.3. The summed E-state index contributed by atoms with van der Waals surface area (Å²) in [7, 11) is 0. The van der Waals surface area contributed by atoms with Gasteiger partial charge in [0.05, 0.1) is 0 Å². The Kier molecular flexibility index (Phi) is 3.23. The second-order valence-corrected chi connectivity index (χ2v) is 4.81. The van der Waals surface area contributed by atoms with Crippen molar-refractivity contribution in [1.29, 1.82) is 0 Å². The average molecular weight is 273 g/mol. The minimum atomic E-state index is 0.516. The van der Waals surface area contributed by atoms with Crippen molar-refractivity contribution in [3.8, 4) is 0 Å². The van der Waals surface area contributed by atoms with Gasteiger partial charge < -0.3 is 10.2 Å². The molecule has 0 saturated carbocycles. The molecule has 3 aromatic rings. The van der Waals surface area contributed by atoms with Crippen LogP contribution < -0.4 is 5.73 Å². The lowest BCUT2D eigenvalue weighted by Gasteiger charge is -2.04. The molecule has 0 radical (unpaired) electrons. The van der Waals surface area contributed by atoms with Crippen LogP contribution in [0.2, 0.25) is 5.02 Å². The van der Waals surface area contributed by atoms with Crippen LogP contribution in [0.25, 0.3) is 11.1 Å². The van der Waals surface area contributed by atoms with Crippen molar-refractivity contribution in [2.45, 2.75) is 13.0 Å². The monoisotopic (exact) mass is 272 g/mol. The van der Waals surface area contributed by atoms with E-state index in [2.05, 4.69) is 4.98 Å². The van der Waals surface area contributed by atoms with Crippen molar-refractivity contribution in [3.63, 3.8) is 0 Å². The van der Waals surface area contributed by atoms with Gasteiger partial charge >= 0.3 is 0 Å². The van der Waals surface area contributed by atoms with Crippen LogP contribution in [-0.4, -0.2) is 4.98 Å². The molecule has 4 heteroatoms. The molecule has 2 aromatic carbocycles. The van der Waals surface area contributed by atoms with Gasteiger partial charge in [-0.1, -0.05) is 35.9 Å². The minimum Gasteiger partial charge on any atom is -0.440 e. The third-order valence-electron chi connectivity index (χ3n) is 3.07. The van der Waals surface area contributed by atoms with Crippen LogP contribution in [0.5, 0.6) is 0 Å². The van der Waals surface area contributed by atoms with Gasteiger partial charge in [0.15, 0.2) is 11.5 Å². The topological polar surface area (TPSA) is 52.0 Å². The molecule has 0 fully saturated rings. The lowest BCUT2D eigenvalue weighted by atomic mass is 10.0. The second-order valence-electron chi connectivity index (χ2n) is 4.37. The van der Waals surface area contributed by atoms with E-state index in [-0.39, 0.29) is 0 Å². The Labute approximate surface area is 116 Å². The summed E-state index contributed by atoms with van der Waals surface area (Å²) in [5, 5.41) is 0.651. The molecule has 1 aromatic heterocycles. The van der Waals surface area contributed by atoms with E-state index < -0.39 is 0 Å². The van der Waals surface area contributed by atoms with Gasteiger partial charge in [0.25, 0.3) is 0 Å². The number of nitrogens with zero attached hydrogens (tertiary/aromatic N) is 1. The van der Waals surface area contributed by atoms with Crippen LogP contribution in [0, 0.1) is 0 Å². The first-order valence-electron chi connectivity index (χ1n) is 6.08. The summed E-state index contributed by atoms with van der Waals surface area (Å²) in [5.41, 5.74) is 9.53. The molecular weight excluding hydrogens is 260 g/mol. The molecule has 0 bridgehead atoms. The Morgan fingerprint density at radius 1 is 1.11 bits per heavy atom. The van der Waals surface area contributed by atoms with E-state index in [1.165, 1.54) is 0 Å². The van der Waals surface area contributed by atoms with Gasteiger partial charge in [0, 0.05) is 24.1 Å². The molecular formula is C15H13ClN2O. The number of rotatable bonds is 3. The van der Waals surface area contributed by atoms with Gasteiger partial charge in [-0.05, 0) is 23.3 Å². The first kappa shape index (κ1) is 12.2. The first-order chi connectivity index (χ1) is 9.26. The van der Waals surface area contributed by atoms with Crippen LogP contribution in [0.1, 0.15) is 17.0 Å². The zero-order chi connectivity index (χ0) is 13.2. The maximum atomic E-state index is 5.93. The van der Waals surface area contributed by atoms with Crippen LogP contribution >= 0.6 is 11.6 Å².